The van der Waals surface area contributed by atoms with E-state index in [0.717, 1.165) is 11.7 Å². The van der Waals surface area contributed by atoms with E-state index >= 15 is 0 Å². The molecular weight excluding hydrogens is 285 g/mol. The van der Waals surface area contributed by atoms with Crippen molar-refractivity contribution >= 4 is 57.6 Å². The lowest BCUT2D eigenvalue weighted by atomic mass is 10.2. The van der Waals surface area contributed by atoms with Gasteiger partial charge in [0.1, 0.15) is 17.6 Å². The zero-order valence-electron chi connectivity index (χ0n) is 8.66. The van der Waals surface area contributed by atoms with Crippen molar-refractivity contribution in [3.05, 3.63) is 16.1 Å². The van der Waals surface area contributed by atoms with Gasteiger partial charge in [0.25, 0.3) is 0 Å². The van der Waals surface area contributed by atoms with E-state index in [-0.39, 0.29) is 6.54 Å². The number of esters is 1. The highest BCUT2D eigenvalue weighted by Crippen LogP contribution is 2.34. The van der Waals surface area contributed by atoms with Crippen molar-refractivity contribution in [1.82, 2.24) is 8.75 Å². The lowest BCUT2D eigenvalue weighted by Gasteiger charge is -2.08. The molecule has 0 saturated heterocycles. The fraction of sp³-hybridized carbons (Fsp3) is 0.222. The predicted octanol–water partition coefficient (Wildman–Crippen LogP) is 2.58. The van der Waals surface area contributed by atoms with Crippen LogP contribution in [0, 0.1) is 0 Å². The van der Waals surface area contributed by atoms with E-state index in [9.17, 15) is 4.79 Å². The van der Waals surface area contributed by atoms with Gasteiger partial charge in [-0.15, -0.1) is 0 Å². The van der Waals surface area contributed by atoms with E-state index in [1.807, 2.05) is 0 Å². The Hall–Kier alpha value is -1.11. The third-order valence-corrected chi connectivity index (χ3v) is 3.20. The highest BCUT2D eigenvalue weighted by Gasteiger charge is 2.14. The number of halogens is 2. The van der Waals surface area contributed by atoms with Crippen LogP contribution < -0.4 is 5.32 Å². The second-order valence-electron chi connectivity index (χ2n) is 3.11. The second-order valence-corrected chi connectivity index (χ2v) is 4.45. The van der Waals surface area contributed by atoms with E-state index in [1.165, 1.54) is 7.11 Å². The van der Waals surface area contributed by atoms with Crippen molar-refractivity contribution in [2.75, 3.05) is 19.0 Å². The molecule has 0 saturated carbocycles. The van der Waals surface area contributed by atoms with E-state index in [4.69, 9.17) is 23.2 Å². The van der Waals surface area contributed by atoms with Gasteiger partial charge >= 0.3 is 5.97 Å². The van der Waals surface area contributed by atoms with Crippen molar-refractivity contribution < 1.29 is 9.53 Å². The van der Waals surface area contributed by atoms with Gasteiger partial charge in [-0.25, -0.2) is 0 Å². The number of anilines is 1. The molecule has 1 heterocycles. The maximum absolute atomic E-state index is 11.1. The first-order valence-corrected chi connectivity index (χ1v) is 6.03. The summed E-state index contributed by atoms with van der Waals surface area (Å²) in [7, 11) is 1.31. The quantitative estimate of drug-likeness (QED) is 0.881. The maximum atomic E-state index is 11.1. The summed E-state index contributed by atoms with van der Waals surface area (Å²) in [5, 5.41) is 3.68. The predicted molar refractivity (Wildman–Crippen MR) is 67.9 cm³/mol. The summed E-state index contributed by atoms with van der Waals surface area (Å²) in [4.78, 5) is 11.1. The SMILES string of the molecule is COC(=O)CNc1c(Cl)cc(Cl)c2nsnc12. The van der Waals surface area contributed by atoms with Crippen molar-refractivity contribution in [2.45, 2.75) is 0 Å². The molecule has 0 spiro atoms. The fourth-order valence-corrected chi connectivity index (χ4v) is 2.45. The molecule has 0 aliphatic rings. The Balaban J connectivity index is 2.39. The van der Waals surface area contributed by atoms with Crippen LogP contribution in [-0.2, 0) is 9.53 Å². The smallest absolute Gasteiger partial charge is 0.325 e. The average Bonchev–Trinajstić information content (AvgIpc) is 2.77. The Bertz CT molecular complexity index is 573. The molecule has 0 amide bonds. The molecule has 2 aromatic rings. The minimum Gasteiger partial charge on any atom is -0.468 e. The highest BCUT2D eigenvalue weighted by molar-refractivity contribution is 7.00. The minimum absolute atomic E-state index is 0.00444. The Morgan fingerprint density at radius 2 is 2.12 bits per heavy atom. The van der Waals surface area contributed by atoms with Crippen LogP contribution in [0.15, 0.2) is 6.07 Å². The largest absolute Gasteiger partial charge is 0.468 e. The number of methoxy groups -OCH3 is 1. The lowest BCUT2D eigenvalue weighted by Crippen LogP contribution is -2.15. The first-order chi connectivity index (χ1) is 8.13. The third-order valence-electron chi connectivity index (χ3n) is 2.08. The molecule has 1 aromatic heterocycles. The Labute approximate surface area is 111 Å². The molecule has 90 valence electrons. The number of carbonyl (C=O) groups is 1. The molecule has 0 radical (unpaired) electrons. The first-order valence-electron chi connectivity index (χ1n) is 4.54. The fourth-order valence-electron chi connectivity index (χ4n) is 1.28. The second kappa shape index (κ2) is 5.03. The number of rotatable bonds is 3. The molecular formula is C9H7Cl2N3O2S. The molecule has 0 aliphatic carbocycles. The standard InChI is InChI=1S/C9H7Cl2N3O2S/c1-16-6(15)3-12-7-4(10)2-5(11)8-9(7)14-17-13-8/h2,12H,3H2,1H3. The molecule has 0 unspecified atom stereocenters. The van der Waals surface area contributed by atoms with Crippen LogP contribution in [0.25, 0.3) is 11.0 Å². The summed E-state index contributed by atoms with van der Waals surface area (Å²) in [6.07, 6.45) is 0. The molecule has 0 fully saturated rings. The molecule has 1 aromatic carbocycles. The summed E-state index contributed by atoms with van der Waals surface area (Å²) < 4.78 is 12.7. The van der Waals surface area contributed by atoms with Gasteiger partial charge in [0.15, 0.2) is 0 Å². The Kier molecular flexibility index (Phi) is 3.66. The zero-order valence-corrected chi connectivity index (χ0v) is 11.0. The number of hydrogen-bond acceptors (Lipinski definition) is 6. The number of fused-ring (bicyclic) bond motifs is 1. The van der Waals surface area contributed by atoms with Crippen LogP contribution in [0.2, 0.25) is 10.0 Å². The third kappa shape index (κ3) is 2.43. The van der Waals surface area contributed by atoms with Crippen LogP contribution >= 0.6 is 34.9 Å². The summed E-state index contributed by atoms with van der Waals surface area (Å²) in [6, 6.07) is 1.56. The van der Waals surface area contributed by atoms with E-state index in [1.54, 1.807) is 6.07 Å². The molecule has 0 aliphatic heterocycles. The molecule has 2 rings (SSSR count). The van der Waals surface area contributed by atoms with Crippen LogP contribution in [-0.4, -0.2) is 28.4 Å². The number of ether oxygens (including phenoxy) is 1. The van der Waals surface area contributed by atoms with Gasteiger partial charge in [0.2, 0.25) is 0 Å². The number of aromatic nitrogens is 2. The number of hydrogen-bond donors (Lipinski definition) is 1. The monoisotopic (exact) mass is 291 g/mol. The number of nitrogens with one attached hydrogen (secondary N) is 1. The molecule has 1 N–H and O–H groups in total. The molecule has 17 heavy (non-hydrogen) atoms. The zero-order chi connectivity index (χ0) is 12.4. The van der Waals surface area contributed by atoms with E-state index in [2.05, 4.69) is 18.8 Å². The van der Waals surface area contributed by atoms with Crippen molar-refractivity contribution in [3.63, 3.8) is 0 Å². The first kappa shape index (κ1) is 12.3. The lowest BCUT2D eigenvalue weighted by molar-refractivity contribution is -0.138. The Morgan fingerprint density at radius 1 is 1.41 bits per heavy atom. The van der Waals surface area contributed by atoms with Gasteiger partial charge in [0.05, 0.1) is 34.6 Å². The molecule has 0 atom stereocenters. The highest BCUT2D eigenvalue weighted by atomic mass is 35.5. The van der Waals surface area contributed by atoms with Gasteiger partial charge in [-0.3, -0.25) is 4.79 Å². The van der Waals surface area contributed by atoms with Gasteiger partial charge in [-0.05, 0) is 6.07 Å². The Morgan fingerprint density at radius 3 is 2.82 bits per heavy atom. The normalized spacial score (nSPS) is 10.5. The summed E-state index contributed by atoms with van der Waals surface area (Å²) in [5.41, 5.74) is 1.65. The van der Waals surface area contributed by atoms with Crippen molar-refractivity contribution in [3.8, 4) is 0 Å². The van der Waals surface area contributed by atoms with E-state index in [0.29, 0.717) is 26.8 Å². The number of benzene rings is 1. The van der Waals surface area contributed by atoms with Crippen LogP contribution in [0.4, 0.5) is 5.69 Å². The number of carbonyl (C=O) groups excluding carboxylic acids is 1. The van der Waals surface area contributed by atoms with Crippen LogP contribution in [0.3, 0.4) is 0 Å². The van der Waals surface area contributed by atoms with Crippen molar-refractivity contribution in [2.24, 2.45) is 0 Å². The van der Waals surface area contributed by atoms with Gasteiger partial charge in [-0.2, -0.15) is 8.75 Å². The van der Waals surface area contributed by atoms with Gasteiger partial charge < -0.3 is 10.1 Å². The minimum atomic E-state index is -0.396. The van der Waals surface area contributed by atoms with Crippen molar-refractivity contribution in [1.29, 1.82) is 0 Å². The van der Waals surface area contributed by atoms with E-state index < -0.39 is 5.97 Å². The number of nitrogens with zero attached hydrogens (tertiary/aromatic N) is 2. The summed E-state index contributed by atoms with van der Waals surface area (Å²) in [5.74, 6) is -0.396. The van der Waals surface area contributed by atoms with Gasteiger partial charge in [0, 0.05) is 0 Å². The molecule has 8 heteroatoms. The topological polar surface area (TPSA) is 64.1 Å². The van der Waals surface area contributed by atoms with Crippen LogP contribution in [0.1, 0.15) is 0 Å². The van der Waals surface area contributed by atoms with Crippen LogP contribution in [0.5, 0.6) is 0 Å². The molecule has 0 bridgehead atoms. The van der Waals surface area contributed by atoms with Gasteiger partial charge in [-0.1, -0.05) is 23.2 Å². The molecule has 5 nitrogen and oxygen atoms in total. The average molecular weight is 292 g/mol. The maximum Gasteiger partial charge on any atom is 0.325 e. The summed E-state index contributed by atoms with van der Waals surface area (Å²) >= 11 is 13.0. The summed E-state index contributed by atoms with van der Waals surface area (Å²) in [6.45, 7) is 0.00444.